The zero-order valence-corrected chi connectivity index (χ0v) is 6.20. The molecule has 1 aromatic heterocycles. The lowest BCUT2D eigenvalue weighted by molar-refractivity contribution is 0.478. The Balaban J connectivity index is 2.41. The molecule has 0 aromatic carbocycles. The quantitative estimate of drug-likeness (QED) is 0.554. The summed E-state index contributed by atoms with van der Waals surface area (Å²) >= 11 is 0. The summed E-state index contributed by atoms with van der Waals surface area (Å²) in [5.74, 6) is 0. The van der Waals surface area contributed by atoms with E-state index < -0.39 is 0 Å². The van der Waals surface area contributed by atoms with E-state index in [0.717, 1.165) is 19.3 Å². The van der Waals surface area contributed by atoms with Gasteiger partial charge in [0.1, 0.15) is 6.04 Å². The van der Waals surface area contributed by atoms with Crippen molar-refractivity contribution in [2.24, 2.45) is 0 Å². The first-order valence-electron chi connectivity index (χ1n) is 3.82. The Labute approximate surface area is 65.3 Å². The highest BCUT2D eigenvalue weighted by molar-refractivity contribution is 5.08. The van der Waals surface area contributed by atoms with Gasteiger partial charge < -0.3 is 4.57 Å². The second-order valence-electron chi connectivity index (χ2n) is 2.83. The van der Waals surface area contributed by atoms with Gasteiger partial charge in [-0.15, -0.1) is 0 Å². The summed E-state index contributed by atoms with van der Waals surface area (Å²) in [5.41, 5.74) is 1.20. The van der Waals surface area contributed by atoms with Crippen LogP contribution >= 0.6 is 0 Å². The molecule has 0 amide bonds. The number of hydrogen-bond donors (Lipinski definition) is 0. The van der Waals surface area contributed by atoms with E-state index in [0.29, 0.717) is 0 Å². The highest BCUT2D eigenvalue weighted by Gasteiger charge is 2.17. The van der Waals surface area contributed by atoms with Crippen molar-refractivity contribution in [1.82, 2.24) is 9.55 Å². The maximum Gasteiger partial charge on any atom is 0.122 e. The van der Waals surface area contributed by atoms with Gasteiger partial charge >= 0.3 is 0 Å². The van der Waals surface area contributed by atoms with Crippen LogP contribution in [0.15, 0.2) is 12.5 Å². The van der Waals surface area contributed by atoms with Gasteiger partial charge in [-0.05, 0) is 19.3 Å². The van der Waals surface area contributed by atoms with E-state index in [9.17, 15) is 0 Å². The molecule has 0 unspecified atom stereocenters. The Kier molecular flexibility index (Phi) is 1.39. The number of fused-ring (bicyclic) bond motifs is 1. The van der Waals surface area contributed by atoms with Gasteiger partial charge in [-0.3, -0.25) is 0 Å². The number of aryl methyl sites for hydroxylation is 1. The van der Waals surface area contributed by atoms with Crippen molar-refractivity contribution in [1.29, 1.82) is 5.26 Å². The molecule has 3 heteroatoms. The maximum atomic E-state index is 8.76. The minimum Gasteiger partial charge on any atom is -0.318 e. The third kappa shape index (κ3) is 0.911. The van der Waals surface area contributed by atoms with Gasteiger partial charge in [-0.2, -0.15) is 5.26 Å². The topological polar surface area (TPSA) is 41.6 Å². The fourth-order valence-electron chi connectivity index (χ4n) is 1.55. The SMILES string of the molecule is N#C[C@H]1CCCc2cncn21. The molecule has 2 heterocycles. The number of aromatic nitrogens is 2. The highest BCUT2D eigenvalue weighted by Crippen LogP contribution is 2.22. The fourth-order valence-corrected chi connectivity index (χ4v) is 1.55. The number of nitrogens with zero attached hydrogens (tertiary/aromatic N) is 3. The molecule has 1 aliphatic heterocycles. The Morgan fingerprint density at radius 1 is 1.73 bits per heavy atom. The molecular weight excluding hydrogens is 138 g/mol. The van der Waals surface area contributed by atoms with Gasteiger partial charge in [0.05, 0.1) is 12.4 Å². The monoisotopic (exact) mass is 147 g/mol. The molecule has 0 fully saturated rings. The predicted octanol–water partition coefficient (Wildman–Crippen LogP) is 1.28. The van der Waals surface area contributed by atoms with Crippen molar-refractivity contribution in [2.45, 2.75) is 25.3 Å². The van der Waals surface area contributed by atoms with Crippen LogP contribution in [-0.2, 0) is 6.42 Å². The Bertz CT molecular complexity index is 295. The summed E-state index contributed by atoms with van der Waals surface area (Å²) in [6.45, 7) is 0. The highest BCUT2D eigenvalue weighted by atomic mass is 15.1. The van der Waals surface area contributed by atoms with E-state index in [4.69, 9.17) is 5.26 Å². The summed E-state index contributed by atoms with van der Waals surface area (Å²) in [7, 11) is 0. The average Bonchev–Trinajstić information content (AvgIpc) is 2.50. The number of imidazole rings is 1. The molecule has 56 valence electrons. The smallest absolute Gasteiger partial charge is 0.122 e. The van der Waals surface area contributed by atoms with Crippen LogP contribution in [0.2, 0.25) is 0 Å². The number of nitriles is 1. The van der Waals surface area contributed by atoms with Crippen LogP contribution in [0.3, 0.4) is 0 Å². The minimum absolute atomic E-state index is 0.0289. The summed E-state index contributed by atoms with van der Waals surface area (Å²) in [4.78, 5) is 4.01. The molecule has 0 spiro atoms. The molecular formula is C8H9N3. The predicted molar refractivity (Wildman–Crippen MR) is 39.8 cm³/mol. The first kappa shape index (κ1) is 6.41. The second-order valence-corrected chi connectivity index (χ2v) is 2.83. The van der Waals surface area contributed by atoms with E-state index in [2.05, 4.69) is 11.1 Å². The van der Waals surface area contributed by atoms with E-state index >= 15 is 0 Å². The molecule has 0 N–H and O–H groups in total. The first-order valence-corrected chi connectivity index (χ1v) is 3.82. The number of rotatable bonds is 0. The normalized spacial score (nSPS) is 22.3. The molecule has 2 rings (SSSR count). The molecule has 1 aromatic rings. The van der Waals surface area contributed by atoms with Crippen molar-refractivity contribution in [2.75, 3.05) is 0 Å². The van der Waals surface area contributed by atoms with Gasteiger partial charge in [0.15, 0.2) is 0 Å². The molecule has 1 atom stereocenters. The van der Waals surface area contributed by atoms with E-state index in [1.165, 1.54) is 5.69 Å². The van der Waals surface area contributed by atoms with Crippen LogP contribution in [0.1, 0.15) is 24.6 Å². The Morgan fingerprint density at radius 3 is 3.45 bits per heavy atom. The van der Waals surface area contributed by atoms with Crippen LogP contribution < -0.4 is 0 Å². The summed E-state index contributed by atoms with van der Waals surface area (Å²) < 4.78 is 1.98. The molecule has 1 aliphatic rings. The third-order valence-electron chi connectivity index (χ3n) is 2.14. The van der Waals surface area contributed by atoms with Crippen molar-refractivity contribution in [3.8, 4) is 6.07 Å². The summed E-state index contributed by atoms with van der Waals surface area (Å²) in [5, 5.41) is 8.76. The van der Waals surface area contributed by atoms with Crippen LogP contribution in [0, 0.1) is 11.3 Å². The van der Waals surface area contributed by atoms with Crippen molar-refractivity contribution in [3.63, 3.8) is 0 Å². The largest absolute Gasteiger partial charge is 0.318 e. The lowest BCUT2D eigenvalue weighted by Crippen LogP contribution is -2.14. The standard InChI is InChI=1S/C8H9N3/c9-4-7-2-1-3-8-5-10-6-11(7)8/h5-7H,1-3H2/t7-/m1/s1. The fraction of sp³-hybridized carbons (Fsp3) is 0.500. The van der Waals surface area contributed by atoms with Crippen molar-refractivity contribution in [3.05, 3.63) is 18.2 Å². The molecule has 0 aliphatic carbocycles. The average molecular weight is 147 g/mol. The molecule has 0 radical (unpaired) electrons. The summed E-state index contributed by atoms with van der Waals surface area (Å²) in [6.07, 6.45) is 6.76. The maximum absolute atomic E-state index is 8.76. The zero-order valence-electron chi connectivity index (χ0n) is 6.20. The van der Waals surface area contributed by atoms with Gasteiger partial charge in [0.2, 0.25) is 0 Å². The third-order valence-corrected chi connectivity index (χ3v) is 2.14. The second kappa shape index (κ2) is 2.39. The van der Waals surface area contributed by atoms with Gasteiger partial charge in [-0.1, -0.05) is 0 Å². The van der Waals surface area contributed by atoms with Crippen LogP contribution in [0.25, 0.3) is 0 Å². The molecule has 0 saturated heterocycles. The molecule has 11 heavy (non-hydrogen) atoms. The zero-order chi connectivity index (χ0) is 7.68. The van der Waals surface area contributed by atoms with Crippen LogP contribution in [-0.4, -0.2) is 9.55 Å². The van der Waals surface area contributed by atoms with E-state index in [-0.39, 0.29) is 6.04 Å². The van der Waals surface area contributed by atoms with Gasteiger partial charge in [0.25, 0.3) is 0 Å². The molecule has 0 saturated carbocycles. The van der Waals surface area contributed by atoms with E-state index in [1.54, 1.807) is 6.33 Å². The lowest BCUT2D eigenvalue weighted by atomic mass is 10.0. The Morgan fingerprint density at radius 2 is 2.64 bits per heavy atom. The lowest BCUT2D eigenvalue weighted by Gasteiger charge is -2.18. The Hall–Kier alpha value is -1.30. The van der Waals surface area contributed by atoms with E-state index in [1.807, 2.05) is 10.8 Å². The van der Waals surface area contributed by atoms with Gasteiger partial charge in [-0.25, -0.2) is 4.98 Å². The summed E-state index contributed by atoms with van der Waals surface area (Å²) in [6, 6.07) is 2.30. The molecule has 3 nitrogen and oxygen atoms in total. The van der Waals surface area contributed by atoms with Gasteiger partial charge in [0, 0.05) is 11.9 Å². The van der Waals surface area contributed by atoms with Crippen molar-refractivity contribution < 1.29 is 0 Å². The van der Waals surface area contributed by atoms with Crippen molar-refractivity contribution >= 4 is 0 Å². The van der Waals surface area contributed by atoms with Crippen LogP contribution in [0.5, 0.6) is 0 Å². The minimum atomic E-state index is 0.0289. The molecule has 0 bridgehead atoms. The number of hydrogen-bond acceptors (Lipinski definition) is 2. The van der Waals surface area contributed by atoms with Crippen LogP contribution in [0.4, 0.5) is 0 Å². The first-order chi connectivity index (χ1) is 5.42.